The van der Waals surface area contributed by atoms with Crippen LogP contribution in [0.1, 0.15) is 12.0 Å². The van der Waals surface area contributed by atoms with E-state index in [-0.39, 0.29) is 17.8 Å². The molecular formula is C18H18BrFN2O2. The molecule has 6 heteroatoms. The molecule has 4 nitrogen and oxygen atoms in total. The number of hydrogen-bond donors (Lipinski definition) is 1. The molecule has 0 radical (unpaired) electrons. The molecule has 1 fully saturated rings. The SMILES string of the molecule is COc1ccc(CN[C@@H]2CCN(c3ccccc3F)C2=O)cc1Br. The van der Waals surface area contributed by atoms with Crippen molar-refractivity contribution in [1.29, 1.82) is 0 Å². The van der Waals surface area contributed by atoms with Crippen LogP contribution in [0.15, 0.2) is 46.9 Å². The van der Waals surface area contributed by atoms with Crippen LogP contribution < -0.4 is 15.0 Å². The Morgan fingerprint density at radius 1 is 1.33 bits per heavy atom. The predicted molar refractivity (Wildman–Crippen MR) is 94.7 cm³/mol. The average molecular weight is 393 g/mol. The summed E-state index contributed by atoms with van der Waals surface area (Å²) in [6, 6.07) is 11.9. The van der Waals surface area contributed by atoms with E-state index >= 15 is 0 Å². The highest BCUT2D eigenvalue weighted by atomic mass is 79.9. The zero-order valence-corrected chi connectivity index (χ0v) is 14.8. The van der Waals surface area contributed by atoms with Crippen LogP contribution in [0.5, 0.6) is 5.75 Å². The van der Waals surface area contributed by atoms with Crippen molar-refractivity contribution in [2.24, 2.45) is 0 Å². The number of ether oxygens (including phenoxy) is 1. The number of halogens is 2. The first-order chi connectivity index (χ1) is 11.6. The van der Waals surface area contributed by atoms with E-state index in [1.165, 1.54) is 11.0 Å². The predicted octanol–water partition coefficient (Wildman–Crippen LogP) is 3.49. The highest BCUT2D eigenvalue weighted by molar-refractivity contribution is 9.10. The number of methoxy groups -OCH3 is 1. The lowest BCUT2D eigenvalue weighted by Gasteiger charge is -2.18. The first-order valence-corrected chi connectivity index (χ1v) is 8.51. The molecule has 24 heavy (non-hydrogen) atoms. The summed E-state index contributed by atoms with van der Waals surface area (Å²) in [7, 11) is 1.62. The molecule has 1 atom stereocenters. The van der Waals surface area contributed by atoms with Gasteiger partial charge < -0.3 is 15.0 Å². The Hall–Kier alpha value is -1.92. The molecule has 0 saturated carbocycles. The van der Waals surface area contributed by atoms with Gasteiger partial charge in [-0.2, -0.15) is 0 Å². The Bertz CT molecular complexity index is 754. The number of carbonyl (C=O) groups is 1. The molecule has 0 unspecified atom stereocenters. The summed E-state index contributed by atoms with van der Waals surface area (Å²) in [6.45, 7) is 1.08. The smallest absolute Gasteiger partial charge is 0.244 e. The fourth-order valence-corrected chi connectivity index (χ4v) is 3.43. The first kappa shape index (κ1) is 16.9. The van der Waals surface area contributed by atoms with E-state index in [0.717, 1.165) is 15.8 Å². The molecule has 1 N–H and O–H groups in total. The van der Waals surface area contributed by atoms with Gasteiger partial charge in [0, 0.05) is 13.1 Å². The quantitative estimate of drug-likeness (QED) is 0.846. The van der Waals surface area contributed by atoms with E-state index in [1.54, 1.807) is 25.3 Å². The van der Waals surface area contributed by atoms with E-state index < -0.39 is 0 Å². The van der Waals surface area contributed by atoms with Gasteiger partial charge in [0.2, 0.25) is 5.91 Å². The normalized spacial score (nSPS) is 17.4. The number of amides is 1. The van der Waals surface area contributed by atoms with Crippen molar-refractivity contribution in [2.75, 3.05) is 18.6 Å². The van der Waals surface area contributed by atoms with Crippen molar-refractivity contribution in [1.82, 2.24) is 5.32 Å². The van der Waals surface area contributed by atoms with Crippen LogP contribution in [-0.4, -0.2) is 25.6 Å². The van der Waals surface area contributed by atoms with Crippen LogP contribution in [0.2, 0.25) is 0 Å². The van der Waals surface area contributed by atoms with E-state index in [0.29, 0.717) is 25.2 Å². The van der Waals surface area contributed by atoms with Crippen LogP contribution >= 0.6 is 15.9 Å². The number of rotatable bonds is 5. The van der Waals surface area contributed by atoms with Crippen molar-refractivity contribution in [3.63, 3.8) is 0 Å². The van der Waals surface area contributed by atoms with Gasteiger partial charge in [0.15, 0.2) is 0 Å². The van der Waals surface area contributed by atoms with Crippen molar-refractivity contribution < 1.29 is 13.9 Å². The molecule has 0 aromatic heterocycles. The van der Waals surface area contributed by atoms with Gasteiger partial charge >= 0.3 is 0 Å². The second-order valence-electron chi connectivity index (χ2n) is 5.63. The molecule has 1 aliphatic rings. The largest absolute Gasteiger partial charge is 0.496 e. The molecule has 126 valence electrons. The lowest BCUT2D eigenvalue weighted by Crippen LogP contribution is -2.38. The molecule has 1 saturated heterocycles. The Balaban J connectivity index is 1.64. The van der Waals surface area contributed by atoms with E-state index in [1.807, 2.05) is 18.2 Å². The number of nitrogens with zero attached hydrogens (tertiary/aromatic N) is 1. The van der Waals surface area contributed by atoms with Gasteiger partial charge in [0.1, 0.15) is 11.6 Å². The highest BCUT2D eigenvalue weighted by Gasteiger charge is 2.33. The van der Waals surface area contributed by atoms with Crippen LogP contribution in [0.3, 0.4) is 0 Å². The second-order valence-corrected chi connectivity index (χ2v) is 6.49. The fourth-order valence-electron chi connectivity index (χ4n) is 2.84. The molecule has 1 aliphatic heterocycles. The fraction of sp³-hybridized carbons (Fsp3) is 0.278. The van der Waals surface area contributed by atoms with Crippen molar-refractivity contribution >= 4 is 27.5 Å². The molecule has 2 aromatic carbocycles. The van der Waals surface area contributed by atoms with Crippen molar-refractivity contribution in [2.45, 2.75) is 19.0 Å². The molecule has 1 amide bonds. The van der Waals surface area contributed by atoms with Gasteiger partial charge in [0.25, 0.3) is 0 Å². The second kappa shape index (κ2) is 7.32. The number of nitrogens with one attached hydrogen (secondary N) is 1. The molecule has 3 rings (SSSR count). The number of para-hydroxylation sites is 1. The lowest BCUT2D eigenvalue weighted by atomic mass is 10.2. The molecule has 0 spiro atoms. The van der Waals surface area contributed by atoms with E-state index in [2.05, 4.69) is 21.2 Å². The lowest BCUT2D eigenvalue weighted by molar-refractivity contribution is -0.118. The number of carbonyl (C=O) groups excluding carboxylic acids is 1. The molecule has 2 aromatic rings. The zero-order chi connectivity index (χ0) is 17.1. The van der Waals surface area contributed by atoms with Gasteiger partial charge in [-0.05, 0) is 52.2 Å². The summed E-state index contributed by atoms with van der Waals surface area (Å²) in [5.41, 5.74) is 1.39. The van der Waals surface area contributed by atoms with Crippen LogP contribution in [-0.2, 0) is 11.3 Å². The Morgan fingerprint density at radius 3 is 2.83 bits per heavy atom. The third kappa shape index (κ3) is 3.44. The first-order valence-electron chi connectivity index (χ1n) is 7.72. The van der Waals surface area contributed by atoms with E-state index in [4.69, 9.17) is 4.74 Å². The third-order valence-corrected chi connectivity index (χ3v) is 4.74. The van der Waals surface area contributed by atoms with Crippen LogP contribution in [0.25, 0.3) is 0 Å². The topological polar surface area (TPSA) is 41.6 Å². The maximum Gasteiger partial charge on any atom is 0.244 e. The Kier molecular flexibility index (Phi) is 5.16. The molecule has 0 bridgehead atoms. The summed E-state index contributed by atoms with van der Waals surface area (Å²) in [5.74, 6) is 0.305. The number of anilines is 1. The number of benzene rings is 2. The zero-order valence-electron chi connectivity index (χ0n) is 13.3. The van der Waals surface area contributed by atoms with Gasteiger partial charge in [-0.15, -0.1) is 0 Å². The summed E-state index contributed by atoms with van der Waals surface area (Å²) in [4.78, 5) is 14.0. The summed E-state index contributed by atoms with van der Waals surface area (Å²) >= 11 is 3.45. The Morgan fingerprint density at radius 2 is 2.12 bits per heavy atom. The standard InChI is InChI=1S/C18H18BrFN2O2/c1-24-17-7-6-12(10-13(17)19)11-21-15-8-9-22(18(15)23)16-5-3-2-4-14(16)20/h2-7,10,15,21H,8-9,11H2,1H3/t15-/m1/s1. The van der Waals surface area contributed by atoms with Crippen molar-refractivity contribution in [3.05, 3.63) is 58.3 Å². The third-order valence-electron chi connectivity index (χ3n) is 4.12. The maximum absolute atomic E-state index is 13.9. The Labute approximate surface area is 148 Å². The summed E-state index contributed by atoms with van der Waals surface area (Å²) < 4.78 is 20.0. The van der Waals surface area contributed by atoms with Crippen LogP contribution in [0, 0.1) is 5.82 Å². The minimum absolute atomic E-state index is 0.0901. The van der Waals surface area contributed by atoms with Gasteiger partial charge in [-0.25, -0.2) is 4.39 Å². The van der Waals surface area contributed by atoms with Crippen molar-refractivity contribution in [3.8, 4) is 5.75 Å². The van der Waals surface area contributed by atoms with Gasteiger partial charge in [-0.3, -0.25) is 4.79 Å². The van der Waals surface area contributed by atoms with Crippen LogP contribution in [0.4, 0.5) is 10.1 Å². The van der Waals surface area contributed by atoms with Gasteiger partial charge in [-0.1, -0.05) is 18.2 Å². The summed E-state index contributed by atoms with van der Waals surface area (Å²) in [5, 5.41) is 3.26. The molecule has 1 heterocycles. The molecule has 0 aliphatic carbocycles. The summed E-state index contributed by atoms with van der Waals surface area (Å²) in [6.07, 6.45) is 0.657. The van der Waals surface area contributed by atoms with E-state index in [9.17, 15) is 9.18 Å². The van der Waals surface area contributed by atoms with Gasteiger partial charge in [0.05, 0.1) is 23.3 Å². The highest BCUT2D eigenvalue weighted by Crippen LogP contribution is 2.27. The minimum Gasteiger partial charge on any atom is -0.496 e. The monoisotopic (exact) mass is 392 g/mol. The molecular weight excluding hydrogens is 375 g/mol. The minimum atomic E-state index is -0.370. The number of hydrogen-bond acceptors (Lipinski definition) is 3. The average Bonchev–Trinajstić information content (AvgIpc) is 2.94. The maximum atomic E-state index is 13.9.